The lowest BCUT2D eigenvalue weighted by Gasteiger charge is -2.52. The molecule has 27 heavy (non-hydrogen) atoms. The molecule has 0 aliphatic carbocycles. The van der Waals surface area contributed by atoms with E-state index in [4.69, 9.17) is 4.74 Å². The van der Waals surface area contributed by atoms with Gasteiger partial charge in [0.25, 0.3) is 0 Å². The van der Waals surface area contributed by atoms with E-state index in [-0.39, 0.29) is 18.1 Å². The highest BCUT2D eigenvalue weighted by atomic mass is 16.5. The molecule has 8 heteroatoms. The lowest BCUT2D eigenvalue weighted by Crippen LogP contribution is -2.61. The second kappa shape index (κ2) is 5.63. The topological polar surface area (TPSA) is 88.9 Å². The average molecular weight is 366 g/mol. The Hall–Kier alpha value is -2.74. The number of aromatic amines is 1. The number of benzene rings is 1. The predicted octanol–water partition coefficient (Wildman–Crippen LogP) is 1.93. The van der Waals surface area contributed by atoms with E-state index in [2.05, 4.69) is 51.4 Å². The van der Waals surface area contributed by atoms with Crippen LogP contribution in [-0.4, -0.2) is 49.2 Å². The SMILES string of the molecule is CCC1(C)c2nnnn2CC2c3[nH]c4ccccc4c3CC(C(=O)OC)N21. The first-order valence-corrected chi connectivity index (χ1v) is 9.31. The molecule has 3 atom stereocenters. The third kappa shape index (κ3) is 2.07. The number of para-hydroxylation sites is 1. The molecule has 3 unspecified atom stereocenters. The Kier molecular flexibility index (Phi) is 3.42. The summed E-state index contributed by atoms with van der Waals surface area (Å²) in [5.74, 6) is 0.589. The Labute approximate surface area is 156 Å². The highest BCUT2D eigenvalue weighted by molar-refractivity contribution is 5.87. The fourth-order valence-corrected chi connectivity index (χ4v) is 4.91. The van der Waals surface area contributed by atoms with Crippen LogP contribution in [0, 0.1) is 0 Å². The van der Waals surface area contributed by atoms with Crippen molar-refractivity contribution < 1.29 is 9.53 Å². The molecule has 5 rings (SSSR count). The molecule has 2 aromatic heterocycles. The molecule has 0 bridgehead atoms. The summed E-state index contributed by atoms with van der Waals surface area (Å²) in [6.07, 6.45) is 1.40. The van der Waals surface area contributed by atoms with E-state index < -0.39 is 5.54 Å². The van der Waals surface area contributed by atoms with E-state index in [1.165, 1.54) is 18.1 Å². The molecule has 1 aromatic carbocycles. The zero-order valence-electron chi connectivity index (χ0n) is 15.6. The normalized spacial score (nSPS) is 27.1. The van der Waals surface area contributed by atoms with Crippen molar-refractivity contribution in [3.05, 3.63) is 41.3 Å². The maximum absolute atomic E-state index is 12.8. The molecule has 140 valence electrons. The highest BCUT2D eigenvalue weighted by Crippen LogP contribution is 2.48. The lowest BCUT2D eigenvalue weighted by molar-refractivity contribution is -0.156. The molecule has 2 aliphatic heterocycles. The molecule has 0 saturated carbocycles. The molecule has 0 radical (unpaired) electrons. The summed E-state index contributed by atoms with van der Waals surface area (Å²) in [7, 11) is 1.46. The number of fused-ring (bicyclic) bond motifs is 6. The van der Waals surface area contributed by atoms with Crippen LogP contribution < -0.4 is 0 Å². The number of esters is 1. The van der Waals surface area contributed by atoms with Crippen LogP contribution in [0.4, 0.5) is 0 Å². The summed E-state index contributed by atoms with van der Waals surface area (Å²) in [6, 6.07) is 7.85. The van der Waals surface area contributed by atoms with E-state index in [0.717, 1.165) is 23.5 Å². The number of rotatable bonds is 2. The molecule has 4 heterocycles. The van der Waals surface area contributed by atoms with Crippen LogP contribution >= 0.6 is 0 Å². The van der Waals surface area contributed by atoms with Crippen LogP contribution in [0.5, 0.6) is 0 Å². The quantitative estimate of drug-likeness (QED) is 0.697. The third-order valence-corrected chi connectivity index (χ3v) is 6.34. The number of ether oxygens (including phenoxy) is 1. The van der Waals surface area contributed by atoms with Gasteiger partial charge in [0.1, 0.15) is 6.04 Å². The third-order valence-electron chi connectivity index (χ3n) is 6.34. The monoisotopic (exact) mass is 366 g/mol. The van der Waals surface area contributed by atoms with Gasteiger partial charge in [-0.05, 0) is 35.4 Å². The molecule has 0 spiro atoms. The molecule has 8 nitrogen and oxygen atoms in total. The molecule has 0 fully saturated rings. The second-order valence-corrected chi connectivity index (χ2v) is 7.54. The highest BCUT2D eigenvalue weighted by Gasteiger charge is 2.53. The molecule has 0 saturated heterocycles. The van der Waals surface area contributed by atoms with Gasteiger partial charge < -0.3 is 9.72 Å². The molecular formula is C19H22N6O2. The molecule has 2 aliphatic rings. The minimum atomic E-state index is -0.458. The van der Waals surface area contributed by atoms with Crippen LogP contribution in [0.15, 0.2) is 24.3 Å². The molecule has 3 aromatic rings. The fourth-order valence-electron chi connectivity index (χ4n) is 4.91. The number of H-pyrrole nitrogens is 1. The molecular weight excluding hydrogens is 344 g/mol. The minimum absolute atomic E-state index is 0.0220. The Bertz CT molecular complexity index is 1040. The predicted molar refractivity (Wildman–Crippen MR) is 97.8 cm³/mol. The number of nitrogens with zero attached hydrogens (tertiary/aromatic N) is 5. The first-order chi connectivity index (χ1) is 13.1. The summed E-state index contributed by atoms with van der Waals surface area (Å²) >= 11 is 0. The largest absolute Gasteiger partial charge is 0.468 e. The molecule has 1 N–H and O–H groups in total. The van der Waals surface area contributed by atoms with Gasteiger partial charge in [0, 0.05) is 23.0 Å². The number of hydrogen-bond acceptors (Lipinski definition) is 6. The Morgan fingerprint density at radius 3 is 3.00 bits per heavy atom. The summed E-state index contributed by atoms with van der Waals surface area (Å²) in [4.78, 5) is 18.7. The van der Waals surface area contributed by atoms with Gasteiger partial charge in [-0.3, -0.25) is 9.69 Å². The van der Waals surface area contributed by atoms with Crippen LogP contribution in [0.2, 0.25) is 0 Å². The average Bonchev–Trinajstić information content (AvgIpc) is 3.31. The van der Waals surface area contributed by atoms with Crippen molar-refractivity contribution in [1.82, 2.24) is 30.1 Å². The van der Waals surface area contributed by atoms with Crippen molar-refractivity contribution in [2.45, 2.75) is 50.9 Å². The fraction of sp³-hybridized carbons (Fsp3) is 0.474. The summed E-state index contributed by atoms with van der Waals surface area (Å²) in [5.41, 5.74) is 2.98. The van der Waals surface area contributed by atoms with Gasteiger partial charge in [-0.15, -0.1) is 5.10 Å². The van der Waals surface area contributed by atoms with Crippen LogP contribution in [0.1, 0.15) is 43.4 Å². The molecule has 0 amide bonds. The zero-order chi connectivity index (χ0) is 18.8. The van der Waals surface area contributed by atoms with Crippen molar-refractivity contribution >= 4 is 16.9 Å². The van der Waals surface area contributed by atoms with E-state index in [1.54, 1.807) is 0 Å². The van der Waals surface area contributed by atoms with Crippen molar-refractivity contribution in [2.75, 3.05) is 7.11 Å². The number of hydrogen-bond donors (Lipinski definition) is 1. The zero-order valence-corrected chi connectivity index (χ0v) is 15.6. The number of aromatic nitrogens is 5. The van der Waals surface area contributed by atoms with Gasteiger partial charge in [0.05, 0.1) is 25.2 Å². The van der Waals surface area contributed by atoms with Gasteiger partial charge >= 0.3 is 5.97 Å². The number of carbonyl (C=O) groups is 1. The standard InChI is InChI=1S/C19H22N6O2/c1-4-19(2)18-21-22-23-24(18)10-15-16-12(9-14(25(15)19)17(26)27-3)11-7-5-6-8-13(11)20-16/h5-8,14-15,20H,4,9-10H2,1-3H3. The Balaban J connectivity index is 1.77. The Morgan fingerprint density at radius 2 is 2.22 bits per heavy atom. The smallest absolute Gasteiger partial charge is 0.323 e. The second-order valence-electron chi connectivity index (χ2n) is 7.54. The van der Waals surface area contributed by atoms with Crippen LogP contribution in [0.3, 0.4) is 0 Å². The van der Waals surface area contributed by atoms with Crippen molar-refractivity contribution in [3.8, 4) is 0 Å². The van der Waals surface area contributed by atoms with Gasteiger partial charge in [0.15, 0.2) is 5.82 Å². The number of tetrazole rings is 1. The van der Waals surface area contributed by atoms with Gasteiger partial charge in [-0.2, -0.15) is 0 Å². The summed E-state index contributed by atoms with van der Waals surface area (Å²) in [5, 5.41) is 13.6. The van der Waals surface area contributed by atoms with Gasteiger partial charge in [-0.25, -0.2) is 4.68 Å². The summed E-state index contributed by atoms with van der Waals surface area (Å²) < 4.78 is 7.07. The number of methoxy groups -OCH3 is 1. The number of carbonyl (C=O) groups excluding carboxylic acids is 1. The number of nitrogens with one attached hydrogen (secondary N) is 1. The maximum atomic E-state index is 12.8. The van der Waals surface area contributed by atoms with Crippen molar-refractivity contribution in [3.63, 3.8) is 0 Å². The van der Waals surface area contributed by atoms with Gasteiger partial charge in [-0.1, -0.05) is 25.1 Å². The van der Waals surface area contributed by atoms with E-state index in [9.17, 15) is 4.79 Å². The van der Waals surface area contributed by atoms with Crippen LogP contribution in [-0.2, 0) is 28.0 Å². The van der Waals surface area contributed by atoms with Gasteiger partial charge in [0.2, 0.25) is 0 Å². The summed E-state index contributed by atoms with van der Waals surface area (Å²) in [6.45, 7) is 4.83. The van der Waals surface area contributed by atoms with Crippen molar-refractivity contribution in [1.29, 1.82) is 0 Å². The van der Waals surface area contributed by atoms with E-state index in [1.807, 2.05) is 16.8 Å². The maximum Gasteiger partial charge on any atom is 0.323 e. The van der Waals surface area contributed by atoms with E-state index in [0.29, 0.717) is 13.0 Å². The first-order valence-electron chi connectivity index (χ1n) is 9.31. The lowest BCUT2D eigenvalue weighted by atomic mass is 9.82. The first kappa shape index (κ1) is 16.4. The van der Waals surface area contributed by atoms with E-state index >= 15 is 0 Å². The van der Waals surface area contributed by atoms with Crippen molar-refractivity contribution in [2.24, 2.45) is 0 Å². The minimum Gasteiger partial charge on any atom is -0.468 e. The van der Waals surface area contributed by atoms with Crippen LogP contribution in [0.25, 0.3) is 10.9 Å². The Morgan fingerprint density at radius 1 is 1.41 bits per heavy atom.